The van der Waals surface area contributed by atoms with Gasteiger partial charge in [-0.05, 0) is 62.0 Å². The number of halogens is 2. The van der Waals surface area contributed by atoms with Gasteiger partial charge in [-0.3, -0.25) is 29.8 Å². The number of methoxy groups -OCH3 is 2. The van der Waals surface area contributed by atoms with E-state index >= 15 is 0 Å². The number of nitrogens with zero attached hydrogens (tertiary/aromatic N) is 2. The Balaban J connectivity index is 0.000000311. The fourth-order valence-electron chi connectivity index (χ4n) is 2.30. The number of nitro groups is 2. The van der Waals surface area contributed by atoms with E-state index in [4.69, 9.17) is 0 Å². The number of carbonyl (C=O) groups is 2. The minimum atomic E-state index is -0.494. The summed E-state index contributed by atoms with van der Waals surface area (Å²) in [5.74, 6) is -1.20. The summed E-state index contributed by atoms with van der Waals surface area (Å²) >= 11 is 6.16. The molecule has 166 valence electrons. The molecule has 0 saturated carbocycles. The second-order valence-electron chi connectivity index (χ2n) is 6.01. The summed E-state index contributed by atoms with van der Waals surface area (Å²) in [5.41, 5.74) is 1.29. The summed E-state index contributed by atoms with van der Waals surface area (Å²) in [6, 6.07) is 8.88. The van der Waals surface area contributed by atoms with E-state index in [2.05, 4.69) is 41.3 Å². The van der Waals surface area contributed by atoms with Crippen LogP contribution in [0.3, 0.4) is 0 Å². The molecule has 2 rings (SSSR count). The molecule has 0 fully saturated rings. The molecular formula is C19H18Br2N2O8. The van der Waals surface area contributed by atoms with Crippen molar-refractivity contribution in [3.05, 3.63) is 76.7 Å². The number of rotatable bonds is 6. The standard InChI is InChI=1S/C10H10BrNO4.C9H8BrNO4/c1-6(10(13)16-2)7-3-4-9(12(14)15)8(11)5-7;1-15-9(12)5-6-2-3-8(11(13)14)7(10)4-6/h3-6H,1-2H3;2-4H,5H2,1H3. The van der Waals surface area contributed by atoms with Gasteiger partial charge in [0.15, 0.2) is 0 Å². The SMILES string of the molecule is COC(=O)C(C)c1ccc([N+](=O)[O-])c(Br)c1.COC(=O)Cc1ccc([N+](=O)[O-])c(Br)c1. The summed E-state index contributed by atoms with van der Waals surface area (Å²) in [7, 11) is 2.60. The zero-order valence-electron chi connectivity index (χ0n) is 16.7. The van der Waals surface area contributed by atoms with Crippen LogP contribution in [-0.2, 0) is 25.5 Å². The summed E-state index contributed by atoms with van der Waals surface area (Å²) in [6.45, 7) is 1.68. The third-order valence-corrected chi connectivity index (χ3v) is 5.28. The molecule has 0 radical (unpaired) electrons. The van der Waals surface area contributed by atoms with E-state index in [9.17, 15) is 29.8 Å². The van der Waals surface area contributed by atoms with Gasteiger partial charge in [0, 0.05) is 12.1 Å². The highest BCUT2D eigenvalue weighted by atomic mass is 79.9. The summed E-state index contributed by atoms with van der Waals surface area (Å²) in [4.78, 5) is 42.3. The highest BCUT2D eigenvalue weighted by Gasteiger charge is 2.19. The van der Waals surface area contributed by atoms with E-state index in [0.717, 1.165) is 0 Å². The second kappa shape index (κ2) is 12.1. The molecule has 0 N–H and O–H groups in total. The smallest absolute Gasteiger partial charge is 0.312 e. The maximum Gasteiger partial charge on any atom is 0.312 e. The first-order valence-electron chi connectivity index (χ1n) is 8.53. The van der Waals surface area contributed by atoms with E-state index in [1.165, 1.54) is 38.5 Å². The van der Waals surface area contributed by atoms with Crippen molar-refractivity contribution in [3.63, 3.8) is 0 Å². The maximum absolute atomic E-state index is 11.3. The predicted molar refractivity (Wildman–Crippen MR) is 118 cm³/mol. The van der Waals surface area contributed by atoms with Crippen LogP contribution in [0.2, 0.25) is 0 Å². The highest BCUT2D eigenvalue weighted by Crippen LogP contribution is 2.29. The lowest BCUT2D eigenvalue weighted by molar-refractivity contribution is -0.385. The Morgan fingerprint density at radius 3 is 1.87 bits per heavy atom. The largest absolute Gasteiger partial charge is 0.469 e. The molecule has 31 heavy (non-hydrogen) atoms. The van der Waals surface area contributed by atoms with Gasteiger partial charge in [-0.2, -0.15) is 0 Å². The first-order chi connectivity index (χ1) is 14.5. The number of nitro benzene ring substituents is 2. The number of hydrogen-bond acceptors (Lipinski definition) is 8. The molecule has 0 saturated heterocycles. The number of benzene rings is 2. The highest BCUT2D eigenvalue weighted by molar-refractivity contribution is 9.11. The van der Waals surface area contributed by atoms with Crippen molar-refractivity contribution in [2.24, 2.45) is 0 Å². The average molecular weight is 562 g/mol. The van der Waals surface area contributed by atoms with Crippen molar-refractivity contribution >= 4 is 55.2 Å². The summed E-state index contributed by atoms with van der Waals surface area (Å²) in [5, 5.41) is 21.1. The number of hydrogen-bond donors (Lipinski definition) is 0. The minimum Gasteiger partial charge on any atom is -0.469 e. The fraction of sp³-hybridized carbons (Fsp3) is 0.263. The van der Waals surface area contributed by atoms with Gasteiger partial charge in [-0.15, -0.1) is 0 Å². The van der Waals surface area contributed by atoms with Crippen LogP contribution in [0, 0.1) is 20.2 Å². The van der Waals surface area contributed by atoms with Gasteiger partial charge in [0.25, 0.3) is 11.4 Å². The average Bonchev–Trinajstić information content (AvgIpc) is 2.72. The lowest BCUT2D eigenvalue weighted by Crippen LogP contribution is -2.10. The Kier molecular flexibility index (Phi) is 10.2. The molecule has 0 heterocycles. The summed E-state index contributed by atoms with van der Waals surface area (Å²) in [6.07, 6.45) is 0.104. The van der Waals surface area contributed by atoms with Crippen molar-refractivity contribution in [1.29, 1.82) is 0 Å². The molecule has 0 aliphatic carbocycles. The molecule has 0 aliphatic heterocycles. The topological polar surface area (TPSA) is 139 Å². The molecule has 0 spiro atoms. The van der Waals surface area contributed by atoms with Crippen LogP contribution in [-0.4, -0.2) is 36.0 Å². The zero-order valence-corrected chi connectivity index (χ0v) is 19.8. The van der Waals surface area contributed by atoms with Crippen LogP contribution in [0.25, 0.3) is 0 Å². The van der Waals surface area contributed by atoms with Gasteiger partial charge < -0.3 is 9.47 Å². The first kappa shape index (κ1) is 26.2. The van der Waals surface area contributed by atoms with Crippen LogP contribution in [0.5, 0.6) is 0 Å². The van der Waals surface area contributed by atoms with Crippen molar-refractivity contribution in [3.8, 4) is 0 Å². The normalized spacial score (nSPS) is 10.9. The molecule has 1 unspecified atom stereocenters. The predicted octanol–water partition coefficient (Wildman–Crippen LogP) is 4.71. The van der Waals surface area contributed by atoms with E-state index < -0.39 is 15.8 Å². The van der Waals surface area contributed by atoms with Gasteiger partial charge >= 0.3 is 11.9 Å². The second-order valence-corrected chi connectivity index (χ2v) is 7.72. The van der Waals surface area contributed by atoms with E-state index in [0.29, 0.717) is 20.1 Å². The molecular weight excluding hydrogens is 544 g/mol. The minimum absolute atomic E-state index is 0.0244. The molecule has 2 aromatic rings. The van der Waals surface area contributed by atoms with Crippen LogP contribution >= 0.6 is 31.9 Å². The third-order valence-electron chi connectivity index (χ3n) is 4.01. The van der Waals surface area contributed by atoms with Crippen LogP contribution in [0.1, 0.15) is 24.0 Å². The Hall–Kier alpha value is -2.86. The van der Waals surface area contributed by atoms with Crippen LogP contribution in [0.4, 0.5) is 11.4 Å². The van der Waals surface area contributed by atoms with E-state index in [-0.39, 0.29) is 29.7 Å². The monoisotopic (exact) mass is 560 g/mol. The van der Waals surface area contributed by atoms with Gasteiger partial charge in [-0.25, -0.2) is 0 Å². The zero-order chi connectivity index (χ0) is 23.7. The maximum atomic E-state index is 11.3. The Labute approximate surface area is 194 Å². The van der Waals surface area contributed by atoms with Crippen LogP contribution in [0.15, 0.2) is 45.3 Å². The molecule has 2 aromatic carbocycles. The lowest BCUT2D eigenvalue weighted by Gasteiger charge is -2.09. The quantitative estimate of drug-likeness (QED) is 0.281. The van der Waals surface area contributed by atoms with Gasteiger partial charge in [-0.1, -0.05) is 12.1 Å². The molecule has 10 nitrogen and oxygen atoms in total. The molecule has 0 bridgehead atoms. The number of esters is 2. The number of carbonyl (C=O) groups excluding carboxylic acids is 2. The fourth-order valence-corrected chi connectivity index (χ4v) is 3.41. The van der Waals surface area contributed by atoms with E-state index in [1.54, 1.807) is 19.1 Å². The van der Waals surface area contributed by atoms with Crippen LogP contribution < -0.4 is 0 Å². The van der Waals surface area contributed by atoms with Gasteiger partial charge in [0.1, 0.15) is 0 Å². The van der Waals surface area contributed by atoms with Crippen molar-refractivity contribution in [2.45, 2.75) is 19.3 Å². The van der Waals surface area contributed by atoms with Gasteiger partial charge in [0.2, 0.25) is 0 Å². The molecule has 0 aromatic heterocycles. The molecule has 12 heteroatoms. The Morgan fingerprint density at radius 2 is 1.45 bits per heavy atom. The molecule has 0 amide bonds. The van der Waals surface area contributed by atoms with Crippen molar-refractivity contribution < 1.29 is 28.9 Å². The summed E-state index contributed by atoms with van der Waals surface area (Å²) < 4.78 is 9.79. The van der Waals surface area contributed by atoms with Gasteiger partial charge in [0.05, 0.1) is 45.4 Å². The molecule has 1 atom stereocenters. The Bertz CT molecular complexity index is 997. The third kappa shape index (κ3) is 7.72. The van der Waals surface area contributed by atoms with Crippen molar-refractivity contribution in [2.75, 3.05) is 14.2 Å². The first-order valence-corrected chi connectivity index (χ1v) is 10.1. The molecule has 0 aliphatic rings. The van der Waals surface area contributed by atoms with Crippen molar-refractivity contribution in [1.82, 2.24) is 0 Å². The Morgan fingerprint density at radius 1 is 0.935 bits per heavy atom. The van der Waals surface area contributed by atoms with E-state index in [1.807, 2.05) is 0 Å². The number of ether oxygens (including phenoxy) is 2. The lowest BCUT2D eigenvalue weighted by atomic mass is 10.0.